The van der Waals surface area contributed by atoms with Crippen molar-refractivity contribution in [2.24, 2.45) is 0 Å². The largest absolute Gasteiger partial charge is 0.472 e. The van der Waals surface area contributed by atoms with Crippen molar-refractivity contribution in [2.45, 2.75) is 13.0 Å². The van der Waals surface area contributed by atoms with E-state index in [1.165, 1.54) is 12.5 Å². The van der Waals surface area contributed by atoms with Crippen molar-refractivity contribution >= 4 is 28.6 Å². The molecule has 0 radical (unpaired) electrons. The fraction of sp³-hybridized carbons (Fsp3) is 0.158. The quantitative estimate of drug-likeness (QED) is 0.772. The van der Waals surface area contributed by atoms with E-state index in [0.717, 1.165) is 28.2 Å². The zero-order valence-corrected chi connectivity index (χ0v) is 14.2. The second-order valence-corrected chi connectivity index (χ2v) is 6.83. The first kappa shape index (κ1) is 15.5. The van der Waals surface area contributed by atoms with E-state index in [9.17, 15) is 4.79 Å². The smallest absolute Gasteiger partial charge is 0.261 e. The number of nitrogens with one attached hydrogen (secondary N) is 1. The summed E-state index contributed by atoms with van der Waals surface area (Å²) in [5.41, 5.74) is 4.40. The molecule has 0 fully saturated rings. The second-order valence-electron chi connectivity index (χ2n) is 5.83. The van der Waals surface area contributed by atoms with Crippen LogP contribution in [0.4, 0.5) is 11.4 Å². The number of nitrogens with zero attached hydrogens (tertiary/aromatic N) is 2. The summed E-state index contributed by atoms with van der Waals surface area (Å²) in [4.78, 5) is 15.4. The van der Waals surface area contributed by atoms with Gasteiger partial charge in [-0.1, -0.05) is 0 Å². The maximum absolute atomic E-state index is 12.5. The summed E-state index contributed by atoms with van der Waals surface area (Å²) in [5, 5.41) is 14.1. The minimum absolute atomic E-state index is 0.0316. The molecule has 4 rings (SSSR count). The highest BCUT2D eigenvalue weighted by atomic mass is 32.1. The molecule has 2 aromatic heterocycles. The molecule has 3 heterocycles. The average molecular weight is 349 g/mol. The predicted molar refractivity (Wildman–Crippen MR) is 96.9 cm³/mol. The Morgan fingerprint density at radius 3 is 3.04 bits per heavy atom. The molecule has 1 aliphatic heterocycles. The van der Waals surface area contributed by atoms with Gasteiger partial charge in [0.05, 0.1) is 17.4 Å². The molecule has 0 spiro atoms. The van der Waals surface area contributed by atoms with Crippen molar-refractivity contribution in [2.75, 3.05) is 16.8 Å². The zero-order chi connectivity index (χ0) is 17.2. The lowest BCUT2D eigenvalue weighted by atomic mass is 10.1. The number of rotatable bonds is 4. The first-order valence-electron chi connectivity index (χ1n) is 7.93. The predicted octanol–water partition coefficient (Wildman–Crippen LogP) is 4.03. The molecule has 6 heteroatoms. The van der Waals surface area contributed by atoms with Crippen LogP contribution in [0.15, 0.2) is 52.7 Å². The monoisotopic (exact) mass is 349 g/mol. The Bertz CT molecular complexity index is 953. The summed E-state index contributed by atoms with van der Waals surface area (Å²) in [6.07, 6.45) is 3.83. The molecule has 0 unspecified atom stereocenters. The van der Waals surface area contributed by atoms with Gasteiger partial charge in [-0.15, -0.1) is 11.3 Å². The van der Waals surface area contributed by atoms with E-state index >= 15 is 0 Å². The average Bonchev–Trinajstić information content (AvgIpc) is 3.39. The Morgan fingerprint density at radius 1 is 1.36 bits per heavy atom. The van der Waals surface area contributed by atoms with Gasteiger partial charge in [-0.25, -0.2) is 0 Å². The number of nitriles is 1. The first-order chi connectivity index (χ1) is 12.2. The molecule has 0 atom stereocenters. The third-order valence-corrected chi connectivity index (χ3v) is 5.17. The maximum Gasteiger partial charge on any atom is 0.261 e. The number of furan rings is 1. The molecule has 0 bridgehead atoms. The van der Waals surface area contributed by atoms with Gasteiger partial charge in [-0.2, -0.15) is 5.26 Å². The summed E-state index contributed by atoms with van der Waals surface area (Å²) in [7, 11) is 0. The Kier molecular flexibility index (Phi) is 4.00. The molecule has 5 nitrogen and oxygen atoms in total. The summed E-state index contributed by atoms with van der Waals surface area (Å²) in [5.74, 6) is -0.0316. The first-order valence-corrected chi connectivity index (χ1v) is 8.81. The van der Waals surface area contributed by atoms with Gasteiger partial charge in [0.1, 0.15) is 12.3 Å². The lowest BCUT2D eigenvalue weighted by Crippen LogP contribution is -2.28. The number of anilines is 2. The Morgan fingerprint density at radius 2 is 2.28 bits per heavy atom. The van der Waals surface area contributed by atoms with E-state index in [0.29, 0.717) is 24.2 Å². The maximum atomic E-state index is 12.5. The van der Waals surface area contributed by atoms with Gasteiger partial charge in [0, 0.05) is 34.7 Å². The SMILES string of the molecule is N#Cc1csc(CNc2ccc3c(c2)CCN3C(=O)c2ccoc2)c1. The van der Waals surface area contributed by atoms with Crippen LogP contribution >= 0.6 is 11.3 Å². The third-order valence-electron chi connectivity index (χ3n) is 4.24. The van der Waals surface area contributed by atoms with Crippen LogP contribution in [0.25, 0.3) is 0 Å². The zero-order valence-electron chi connectivity index (χ0n) is 13.4. The van der Waals surface area contributed by atoms with Gasteiger partial charge in [0.2, 0.25) is 0 Å². The van der Waals surface area contributed by atoms with Crippen molar-refractivity contribution in [1.82, 2.24) is 0 Å². The van der Waals surface area contributed by atoms with Crippen molar-refractivity contribution in [1.29, 1.82) is 5.26 Å². The topological polar surface area (TPSA) is 69.3 Å². The van der Waals surface area contributed by atoms with Gasteiger partial charge in [-0.3, -0.25) is 4.79 Å². The van der Waals surface area contributed by atoms with Crippen LogP contribution in [-0.4, -0.2) is 12.5 Å². The summed E-state index contributed by atoms with van der Waals surface area (Å²) in [6.45, 7) is 1.36. The van der Waals surface area contributed by atoms with Crippen LogP contribution < -0.4 is 10.2 Å². The van der Waals surface area contributed by atoms with Gasteiger partial charge in [0.25, 0.3) is 5.91 Å². The molecule has 0 saturated carbocycles. The normalized spacial score (nSPS) is 12.7. The summed E-state index contributed by atoms with van der Waals surface area (Å²) < 4.78 is 5.01. The molecule has 1 N–H and O–H groups in total. The van der Waals surface area contributed by atoms with Crippen molar-refractivity contribution < 1.29 is 9.21 Å². The standard InChI is InChI=1S/C19H15N3O2S/c20-9-13-7-17(25-12-13)10-21-16-1-2-18-14(8-16)3-5-22(18)19(23)15-4-6-24-11-15/h1-2,4,6-8,11-12,21H,3,5,10H2. The number of carbonyl (C=O) groups is 1. The summed E-state index contributed by atoms with van der Waals surface area (Å²) in [6, 6.07) is 11.8. The molecule has 3 aromatic rings. The number of carbonyl (C=O) groups excluding carboxylic acids is 1. The highest BCUT2D eigenvalue weighted by Gasteiger charge is 2.26. The molecule has 1 aliphatic rings. The van der Waals surface area contributed by atoms with E-state index in [-0.39, 0.29) is 5.91 Å². The van der Waals surface area contributed by atoms with Gasteiger partial charge >= 0.3 is 0 Å². The van der Waals surface area contributed by atoms with Crippen molar-refractivity contribution in [3.05, 3.63) is 69.8 Å². The van der Waals surface area contributed by atoms with E-state index in [1.54, 1.807) is 22.3 Å². The number of fused-ring (bicyclic) bond motifs is 1. The second kappa shape index (κ2) is 6.46. The van der Waals surface area contributed by atoms with Crippen LogP contribution in [0, 0.1) is 11.3 Å². The number of hydrogen-bond acceptors (Lipinski definition) is 5. The number of benzene rings is 1. The van der Waals surface area contributed by atoms with Crippen molar-refractivity contribution in [3.8, 4) is 6.07 Å². The number of thiophene rings is 1. The van der Waals surface area contributed by atoms with Gasteiger partial charge in [0.15, 0.2) is 0 Å². The van der Waals surface area contributed by atoms with E-state index in [1.807, 2.05) is 23.6 Å². The Balaban J connectivity index is 1.47. The lowest BCUT2D eigenvalue weighted by molar-refractivity contribution is 0.0989. The molecular weight excluding hydrogens is 334 g/mol. The third kappa shape index (κ3) is 3.02. The molecule has 1 aromatic carbocycles. The number of hydrogen-bond donors (Lipinski definition) is 1. The van der Waals surface area contributed by atoms with Crippen LogP contribution in [0.5, 0.6) is 0 Å². The molecule has 124 valence electrons. The minimum Gasteiger partial charge on any atom is -0.472 e. The minimum atomic E-state index is -0.0316. The molecular formula is C19H15N3O2S. The van der Waals surface area contributed by atoms with E-state index in [4.69, 9.17) is 9.68 Å². The fourth-order valence-corrected chi connectivity index (χ4v) is 3.74. The van der Waals surface area contributed by atoms with Crippen LogP contribution in [0.3, 0.4) is 0 Å². The number of amides is 1. The van der Waals surface area contributed by atoms with E-state index < -0.39 is 0 Å². The van der Waals surface area contributed by atoms with Crippen LogP contribution in [0.2, 0.25) is 0 Å². The molecule has 0 saturated heterocycles. The van der Waals surface area contributed by atoms with Gasteiger partial charge < -0.3 is 14.6 Å². The lowest BCUT2D eigenvalue weighted by Gasteiger charge is -2.16. The fourth-order valence-electron chi connectivity index (χ4n) is 2.99. The van der Waals surface area contributed by atoms with E-state index in [2.05, 4.69) is 17.5 Å². The Labute approximate surface area is 149 Å². The molecule has 0 aliphatic carbocycles. The van der Waals surface area contributed by atoms with Crippen LogP contribution in [0.1, 0.15) is 26.4 Å². The highest BCUT2D eigenvalue weighted by Crippen LogP contribution is 2.32. The Hall–Kier alpha value is -3.04. The molecule has 25 heavy (non-hydrogen) atoms. The van der Waals surface area contributed by atoms with Crippen molar-refractivity contribution in [3.63, 3.8) is 0 Å². The highest BCUT2D eigenvalue weighted by molar-refractivity contribution is 7.10. The summed E-state index contributed by atoms with van der Waals surface area (Å²) >= 11 is 1.57. The van der Waals surface area contributed by atoms with Gasteiger partial charge in [-0.05, 0) is 42.3 Å². The molecule has 1 amide bonds. The van der Waals surface area contributed by atoms with Crippen LogP contribution in [-0.2, 0) is 13.0 Å².